The highest BCUT2D eigenvalue weighted by Gasteiger charge is 2.11. The first-order valence-corrected chi connectivity index (χ1v) is 8.59. The van der Waals surface area contributed by atoms with Crippen molar-refractivity contribution in [2.24, 2.45) is 0 Å². The summed E-state index contributed by atoms with van der Waals surface area (Å²) in [7, 11) is 0. The smallest absolute Gasteiger partial charge is 0.148 e. The number of pyridine rings is 1. The SMILES string of the molecule is c1ccc(-c2ccc(-c3nc4c(ccc5ncccc54)[nH]3)s2)cc1. The molecule has 0 saturated carbocycles. The van der Waals surface area contributed by atoms with Crippen LogP contribution in [0.4, 0.5) is 0 Å². The Balaban J connectivity index is 1.65. The number of aromatic amines is 1. The first-order chi connectivity index (χ1) is 11.9. The Hall–Kier alpha value is -2.98. The summed E-state index contributed by atoms with van der Waals surface area (Å²) < 4.78 is 0. The van der Waals surface area contributed by atoms with E-state index < -0.39 is 0 Å². The van der Waals surface area contributed by atoms with E-state index in [9.17, 15) is 0 Å². The van der Waals surface area contributed by atoms with Gasteiger partial charge in [0.05, 0.1) is 21.4 Å². The van der Waals surface area contributed by atoms with Gasteiger partial charge in [0.1, 0.15) is 5.82 Å². The number of imidazole rings is 1. The molecular weight excluding hydrogens is 314 g/mol. The fraction of sp³-hybridized carbons (Fsp3) is 0. The third kappa shape index (κ3) is 2.12. The van der Waals surface area contributed by atoms with Gasteiger partial charge in [-0.15, -0.1) is 11.3 Å². The second kappa shape index (κ2) is 5.28. The summed E-state index contributed by atoms with van der Waals surface area (Å²) in [5.41, 5.74) is 4.23. The van der Waals surface area contributed by atoms with E-state index in [1.807, 2.05) is 30.5 Å². The van der Waals surface area contributed by atoms with E-state index >= 15 is 0 Å². The first-order valence-electron chi connectivity index (χ1n) is 7.77. The molecule has 0 radical (unpaired) electrons. The number of hydrogen-bond donors (Lipinski definition) is 1. The molecule has 3 nitrogen and oxygen atoms in total. The maximum absolute atomic E-state index is 4.83. The predicted molar refractivity (Wildman–Crippen MR) is 100 cm³/mol. The highest BCUT2D eigenvalue weighted by Crippen LogP contribution is 2.34. The van der Waals surface area contributed by atoms with Crippen LogP contribution in [0.2, 0.25) is 0 Å². The van der Waals surface area contributed by atoms with Crippen LogP contribution >= 0.6 is 11.3 Å². The predicted octanol–water partition coefficient (Wildman–Crippen LogP) is 5.51. The van der Waals surface area contributed by atoms with Crippen molar-refractivity contribution in [3.63, 3.8) is 0 Å². The lowest BCUT2D eigenvalue weighted by Gasteiger charge is -1.95. The number of aromatic nitrogens is 3. The molecule has 0 aliphatic carbocycles. The Morgan fingerprint density at radius 3 is 2.58 bits per heavy atom. The van der Waals surface area contributed by atoms with Crippen LogP contribution in [0, 0.1) is 0 Å². The minimum atomic E-state index is 0.911. The Labute approximate surface area is 142 Å². The molecule has 24 heavy (non-hydrogen) atoms. The van der Waals surface area contributed by atoms with Gasteiger partial charge < -0.3 is 4.98 Å². The van der Waals surface area contributed by atoms with Gasteiger partial charge in [-0.1, -0.05) is 30.3 Å². The molecule has 0 amide bonds. The van der Waals surface area contributed by atoms with Gasteiger partial charge in [0.25, 0.3) is 0 Å². The van der Waals surface area contributed by atoms with Crippen LogP contribution in [-0.2, 0) is 0 Å². The molecular formula is C20H13N3S. The summed E-state index contributed by atoms with van der Waals surface area (Å²) in [6, 6.07) is 22.8. The molecule has 5 rings (SSSR count). The van der Waals surface area contributed by atoms with Crippen LogP contribution in [-0.4, -0.2) is 15.0 Å². The van der Waals surface area contributed by atoms with Crippen LogP contribution in [0.5, 0.6) is 0 Å². The summed E-state index contributed by atoms with van der Waals surface area (Å²) in [5.74, 6) is 0.911. The van der Waals surface area contributed by atoms with Gasteiger partial charge in [0.2, 0.25) is 0 Å². The third-order valence-electron chi connectivity index (χ3n) is 4.13. The second-order valence-electron chi connectivity index (χ2n) is 5.65. The summed E-state index contributed by atoms with van der Waals surface area (Å²) in [6.45, 7) is 0. The second-order valence-corrected chi connectivity index (χ2v) is 6.73. The number of fused-ring (bicyclic) bond motifs is 3. The molecule has 0 saturated heterocycles. The fourth-order valence-corrected chi connectivity index (χ4v) is 3.92. The monoisotopic (exact) mass is 327 g/mol. The Morgan fingerprint density at radius 1 is 0.792 bits per heavy atom. The van der Waals surface area contributed by atoms with Crippen LogP contribution < -0.4 is 0 Å². The Morgan fingerprint density at radius 2 is 1.67 bits per heavy atom. The van der Waals surface area contributed by atoms with Gasteiger partial charge in [0, 0.05) is 16.5 Å². The van der Waals surface area contributed by atoms with E-state index in [2.05, 4.69) is 52.4 Å². The van der Waals surface area contributed by atoms with Crippen molar-refractivity contribution in [2.75, 3.05) is 0 Å². The number of hydrogen-bond acceptors (Lipinski definition) is 3. The topological polar surface area (TPSA) is 41.6 Å². The molecule has 0 bridgehead atoms. The number of nitrogens with one attached hydrogen (secondary N) is 1. The molecule has 5 aromatic rings. The Kier molecular flexibility index (Phi) is 2.96. The molecule has 0 unspecified atom stereocenters. The molecule has 4 heteroatoms. The summed E-state index contributed by atoms with van der Waals surface area (Å²) in [6.07, 6.45) is 1.81. The molecule has 0 aliphatic heterocycles. The zero-order valence-corrected chi connectivity index (χ0v) is 13.5. The molecule has 0 spiro atoms. The average molecular weight is 327 g/mol. The largest absolute Gasteiger partial charge is 0.337 e. The lowest BCUT2D eigenvalue weighted by atomic mass is 10.2. The van der Waals surface area contributed by atoms with Crippen molar-refractivity contribution in [3.05, 3.63) is 72.9 Å². The molecule has 3 aromatic heterocycles. The summed E-state index contributed by atoms with van der Waals surface area (Å²) >= 11 is 1.75. The van der Waals surface area contributed by atoms with Crippen molar-refractivity contribution >= 4 is 33.3 Å². The fourth-order valence-electron chi connectivity index (χ4n) is 2.96. The van der Waals surface area contributed by atoms with E-state index in [0.29, 0.717) is 0 Å². The van der Waals surface area contributed by atoms with Gasteiger partial charge in [-0.3, -0.25) is 4.98 Å². The summed E-state index contributed by atoms with van der Waals surface area (Å²) in [5, 5.41) is 1.08. The van der Waals surface area contributed by atoms with Crippen molar-refractivity contribution < 1.29 is 0 Å². The summed E-state index contributed by atoms with van der Waals surface area (Å²) in [4.78, 5) is 15.1. The number of benzene rings is 2. The first kappa shape index (κ1) is 13.5. The van der Waals surface area contributed by atoms with Gasteiger partial charge in [0.15, 0.2) is 0 Å². The van der Waals surface area contributed by atoms with E-state index in [1.165, 1.54) is 10.4 Å². The quantitative estimate of drug-likeness (QED) is 0.465. The van der Waals surface area contributed by atoms with Crippen molar-refractivity contribution in [1.29, 1.82) is 0 Å². The maximum Gasteiger partial charge on any atom is 0.148 e. The number of nitrogens with zero attached hydrogens (tertiary/aromatic N) is 2. The van der Waals surface area contributed by atoms with Crippen molar-refractivity contribution in [3.8, 4) is 21.1 Å². The van der Waals surface area contributed by atoms with Crippen molar-refractivity contribution in [2.45, 2.75) is 0 Å². The zero-order chi connectivity index (χ0) is 15.9. The number of H-pyrrole nitrogens is 1. The van der Waals surface area contributed by atoms with Crippen LogP contribution in [0.3, 0.4) is 0 Å². The molecule has 0 atom stereocenters. The third-order valence-corrected chi connectivity index (χ3v) is 5.27. The average Bonchev–Trinajstić information content (AvgIpc) is 3.29. The van der Waals surface area contributed by atoms with Gasteiger partial charge in [-0.05, 0) is 42.0 Å². The zero-order valence-electron chi connectivity index (χ0n) is 12.7. The standard InChI is InChI=1S/C20H13N3S/c1-2-5-13(6-3-1)17-10-11-18(24-17)20-22-16-9-8-15-14(19(16)23-20)7-4-12-21-15/h1-12H,(H,22,23). The molecule has 0 aliphatic rings. The normalized spacial score (nSPS) is 11.3. The van der Waals surface area contributed by atoms with E-state index in [4.69, 9.17) is 4.98 Å². The minimum Gasteiger partial charge on any atom is -0.337 e. The molecule has 2 aromatic carbocycles. The maximum atomic E-state index is 4.83. The Bertz CT molecular complexity index is 1160. The van der Waals surface area contributed by atoms with Crippen LogP contribution in [0.1, 0.15) is 0 Å². The van der Waals surface area contributed by atoms with Crippen LogP contribution in [0.25, 0.3) is 43.1 Å². The molecule has 0 fully saturated rings. The minimum absolute atomic E-state index is 0.911. The molecule has 1 N–H and O–H groups in total. The highest BCUT2D eigenvalue weighted by molar-refractivity contribution is 7.18. The lowest BCUT2D eigenvalue weighted by Crippen LogP contribution is -1.78. The lowest BCUT2D eigenvalue weighted by molar-refractivity contribution is 1.36. The van der Waals surface area contributed by atoms with E-state index in [0.717, 1.165) is 32.6 Å². The van der Waals surface area contributed by atoms with Gasteiger partial charge in [-0.2, -0.15) is 0 Å². The van der Waals surface area contributed by atoms with Crippen molar-refractivity contribution in [1.82, 2.24) is 15.0 Å². The number of thiophene rings is 1. The highest BCUT2D eigenvalue weighted by atomic mass is 32.1. The van der Waals surface area contributed by atoms with Gasteiger partial charge in [-0.25, -0.2) is 4.98 Å². The molecule has 3 heterocycles. The molecule has 114 valence electrons. The van der Waals surface area contributed by atoms with E-state index in [1.54, 1.807) is 11.3 Å². The van der Waals surface area contributed by atoms with Crippen LogP contribution in [0.15, 0.2) is 72.9 Å². The number of rotatable bonds is 2. The van der Waals surface area contributed by atoms with Gasteiger partial charge >= 0.3 is 0 Å². The van der Waals surface area contributed by atoms with E-state index in [-0.39, 0.29) is 0 Å².